The van der Waals surface area contributed by atoms with Gasteiger partial charge in [0, 0.05) is 11.6 Å². The van der Waals surface area contributed by atoms with E-state index in [0.717, 1.165) is 5.56 Å². The zero-order valence-corrected chi connectivity index (χ0v) is 12.5. The standard InChI is InChI=1S/C15H19NO2S/c1-10-11(2)18-15(12-8-6-5-7-9-12)16(10)14(3,4)13(17)19-15/h5-11H,1-4H3/t10-,11+,15+/m0/s1. The highest BCUT2D eigenvalue weighted by atomic mass is 32.2. The zero-order chi connectivity index (χ0) is 13.8. The Morgan fingerprint density at radius 3 is 2.47 bits per heavy atom. The second-order valence-corrected chi connectivity index (χ2v) is 6.96. The van der Waals surface area contributed by atoms with Gasteiger partial charge in [-0.3, -0.25) is 4.79 Å². The highest BCUT2D eigenvalue weighted by Crippen LogP contribution is 2.58. The van der Waals surface area contributed by atoms with E-state index in [-0.39, 0.29) is 17.3 Å². The summed E-state index contributed by atoms with van der Waals surface area (Å²) < 4.78 is 6.25. The Balaban J connectivity index is 2.16. The molecule has 0 aliphatic carbocycles. The number of ether oxygens (including phenoxy) is 1. The van der Waals surface area contributed by atoms with Crippen molar-refractivity contribution in [2.45, 2.75) is 50.4 Å². The van der Waals surface area contributed by atoms with Gasteiger partial charge in [0.2, 0.25) is 10.2 Å². The van der Waals surface area contributed by atoms with Crippen LogP contribution in [0.4, 0.5) is 0 Å². The molecule has 1 aromatic rings. The molecule has 2 fully saturated rings. The van der Waals surface area contributed by atoms with Gasteiger partial charge in [0.05, 0.1) is 11.6 Å². The van der Waals surface area contributed by atoms with Gasteiger partial charge in [-0.2, -0.15) is 0 Å². The molecule has 0 bridgehead atoms. The van der Waals surface area contributed by atoms with E-state index in [1.807, 2.05) is 44.2 Å². The van der Waals surface area contributed by atoms with Crippen LogP contribution in [-0.2, 0) is 14.6 Å². The Bertz CT molecular complexity index is 516. The van der Waals surface area contributed by atoms with Crippen LogP contribution in [0.2, 0.25) is 0 Å². The minimum absolute atomic E-state index is 0.111. The first-order valence-corrected chi connectivity index (χ1v) is 7.47. The van der Waals surface area contributed by atoms with Crippen LogP contribution in [0.15, 0.2) is 30.3 Å². The first-order chi connectivity index (χ1) is 8.89. The molecule has 3 rings (SSSR count). The van der Waals surface area contributed by atoms with Gasteiger partial charge in [-0.05, 0) is 39.5 Å². The van der Waals surface area contributed by atoms with E-state index in [4.69, 9.17) is 4.74 Å². The summed E-state index contributed by atoms with van der Waals surface area (Å²) >= 11 is 1.32. The van der Waals surface area contributed by atoms with Crippen LogP contribution in [0.25, 0.3) is 0 Å². The van der Waals surface area contributed by atoms with E-state index >= 15 is 0 Å². The molecule has 0 spiro atoms. The summed E-state index contributed by atoms with van der Waals surface area (Å²) in [7, 11) is 0. The second-order valence-electron chi connectivity index (χ2n) is 5.83. The number of hydrogen-bond donors (Lipinski definition) is 0. The third-order valence-corrected chi connectivity index (χ3v) is 5.71. The number of hydrogen-bond acceptors (Lipinski definition) is 4. The van der Waals surface area contributed by atoms with E-state index in [0.29, 0.717) is 0 Å². The molecule has 19 heavy (non-hydrogen) atoms. The maximum atomic E-state index is 12.4. The molecule has 4 heteroatoms. The Hall–Kier alpha value is -0.840. The van der Waals surface area contributed by atoms with Crippen LogP contribution in [-0.4, -0.2) is 27.7 Å². The van der Waals surface area contributed by atoms with E-state index in [1.165, 1.54) is 11.8 Å². The van der Waals surface area contributed by atoms with Gasteiger partial charge in [-0.25, -0.2) is 4.90 Å². The molecule has 0 radical (unpaired) electrons. The lowest BCUT2D eigenvalue weighted by atomic mass is 10.00. The van der Waals surface area contributed by atoms with Crippen LogP contribution >= 0.6 is 11.8 Å². The molecule has 1 aromatic carbocycles. The minimum Gasteiger partial charge on any atom is -0.342 e. The molecule has 102 valence electrons. The maximum absolute atomic E-state index is 12.4. The SMILES string of the molecule is C[C@H]1O[C@]2(c3ccccc3)SC(=O)C(C)(C)N2[C@H]1C. The fraction of sp³-hybridized carbons (Fsp3) is 0.533. The topological polar surface area (TPSA) is 29.5 Å². The van der Waals surface area contributed by atoms with Crippen LogP contribution in [0, 0.1) is 0 Å². The van der Waals surface area contributed by atoms with Crippen molar-refractivity contribution in [2.75, 3.05) is 0 Å². The van der Waals surface area contributed by atoms with Gasteiger partial charge < -0.3 is 4.74 Å². The lowest BCUT2D eigenvalue weighted by Gasteiger charge is -2.37. The summed E-state index contributed by atoms with van der Waals surface area (Å²) in [4.78, 5) is 14.6. The van der Waals surface area contributed by atoms with Crippen LogP contribution in [0.3, 0.4) is 0 Å². The number of thioether (sulfide) groups is 1. The van der Waals surface area contributed by atoms with E-state index in [2.05, 4.69) is 18.7 Å². The van der Waals surface area contributed by atoms with E-state index in [9.17, 15) is 4.79 Å². The quantitative estimate of drug-likeness (QED) is 0.789. The first-order valence-electron chi connectivity index (χ1n) is 6.66. The summed E-state index contributed by atoms with van der Waals surface area (Å²) in [5, 5.41) is -0.476. The average Bonchev–Trinajstić information content (AvgIpc) is 2.74. The number of carbonyl (C=O) groups is 1. The molecule has 0 aromatic heterocycles. The summed E-state index contributed by atoms with van der Waals surface area (Å²) in [6.07, 6.45) is 0.111. The second kappa shape index (κ2) is 4.08. The smallest absolute Gasteiger partial charge is 0.213 e. The van der Waals surface area contributed by atoms with Gasteiger partial charge in [0.25, 0.3) is 0 Å². The van der Waals surface area contributed by atoms with Crippen molar-refractivity contribution in [3.8, 4) is 0 Å². The highest BCUT2D eigenvalue weighted by Gasteiger charge is 2.65. The first kappa shape index (κ1) is 13.2. The molecule has 2 aliphatic rings. The molecule has 2 aliphatic heterocycles. The van der Waals surface area contributed by atoms with Gasteiger partial charge in [-0.15, -0.1) is 0 Å². The molecular formula is C15H19NO2S. The van der Waals surface area contributed by atoms with Crippen LogP contribution in [0.5, 0.6) is 0 Å². The van der Waals surface area contributed by atoms with Crippen LogP contribution in [0.1, 0.15) is 33.3 Å². The van der Waals surface area contributed by atoms with Crippen molar-refractivity contribution in [3.05, 3.63) is 35.9 Å². The predicted octanol–water partition coefficient (Wildman–Crippen LogP) is 2.96. The third kappa shape index (κ3) is 1.63. The summed E-state index contributed by atoms with van der Waals surface area (Å²) in [6, 6.07) is 10.3. The largest absolute Gasteiger partial charge is 0.342 e. The monoisotopic (exact) mass is 277 g/mol. The fourth-order valence-electron chi connectivity index (χ4n) is 3.10. The number of carbonyl (C=O) groups excluding carboxylic acids is 1. The fourth-order valence-corrected chi connectivity index (χ4v) is 4.65. The van der Waals surface area contributed by atoms with Gasteiger partial charge >= 0.3 is 0 Å². The molecule has 0 unspecified atom stereocenters. The average molecular weight is 277 g/mol. The van der Waals surface area contributed by atoms with Crippen molar-refractivity contribution < 1.29 is 9.53 Å². The normalized spacial score (nSPS) is 37.6. The molecule has 3 atom stereocenters. The van der Waals surface area contributed by atoms with Gasteiger partial charge in [-0.1, -0.05) is 30.3 Å². The molecule has 2 heterocycles. The van der Waals surface area contributed by atoms with Crippen molar-refractivity contribution in [3.63, 3.8) is 0 Å². The number of rotatable bonds is 1. The molecule has 0 N–H and O–H groups in total. The summed E-state index contributed by atoms with van der Waals surface area (Å²) in [5.74, 6) is 0. The van der Waals surface area contributed by atoms with Crippen molar-refractivity contribution >= 4 is 16.9 Å². The Labute approximate surface area is 118 Å². The maximum Gasteiger partial charge on any atom is 0.213 e. The molecule has 3 nitrogen and oxygen atoms in total. The summed E-state index contributed by atoms with van der Waals surface area (Å²) in [5.41, 5.74) is 0.556. The van der Waals surface area contributed by atoms with Crippen molar-refractivity contribution in [1.29, 1.82) is 0 Å². The number of fused-ring (bicyclic) bond motifs is 1. The molecular weight excluding hydrogens is 258 g/mol. The number of benzene rings is 1. The van der Waals surface area contributed by atoms with E-state index in [1.54, 1.807) is 0 Å². The Morgan fingerprint density at radius 2 is 1.84 bits per heavy atom. The van der Waals surface area contributed by atoms with E-state index < -0.39 is 10.6 Å². The third-order valence-electron chi connectivity index (χ3n) is 4.22. The lowest BCUT2D eigenvalue weighted by Crippen LogP contribution is -2.51. The summed E-state index contributed by atoms with van der Waals surface area (Å²) in [6.45, 7) is 8.20. The molecule has 0 amide bonds. The van der Waals surface area contributed by atoms with Gasteiger partial charge in [0.1, 0.15) is 0 Å². The van der Waals surface area contributed by atoms with Crippen molar-refractivity contribution in [1.82, 2.24) is 4.90 Å². The Morgan fingerprint density at radius 1 is 1.21 bits per heavy atom. The number of nitrogens with zero attached hydrogens (tertiary/aromatic N) is 1. The van der Waals surface area contributed by atoms with Crippen LogP contribution < -0.4 is 0 Å². The molecule has 0 saturated carbocycles. The lowest BCUT2D eigenvalue weighted by molar-refractivity contribution is -0.122. The predicted molar refractivity (Wildman–Crippen MR) is 76.6 cm³/mol. The zero-order valence-electron chi connectivity index (χ0n) is 11.7. The minimum atomic E-state index is -0.652. The van der Waals surface area contributed by atoms with Gasteiger partial charge in [0.15, 0.2) is 0 Å². The van der Waals surface area contributed by atoms with Crippen molar-refractivity contribution in [2.24, 2.45) is 0 Å². The Kier molecular flexibility index (Phi) is 2.82. The molecule has 2 saturated heterocycles. The highest BCUT2D eigenvalue weighted by molar-refractivity contribution is 8.14.